The molecule has 2 aromatic rings. The van der Waals surface area contributed by atoms with Crippen molar-refractivity contribution < 1.29 is 4.79 Å². The second kappa shape index (κ2) is 7.39. The highest BCUT2D eigenvalue weighted by atomic mass is 35.5. The summed E-state index contributed by atoms with van der Waals surface area (Å²) in [4.78, 5) is 26.2. The average molecular weight is 335 g/mol. The van der Waals surface area contributed by atoms with Gasteiger partial charge < -0.3 is 10.2 Å². The molecule has 2 heterocycles. The van der Waals surface area contributed by atoms with Crippen molar-refractivity contribution in [1.29, 1.82) is 0 Å². The fourth-order valence-electron chi connectivity index (χ4n) is 2.60. The van der Waals surface area contributed by atoms with Crippen molar-refractivity contribution in [3.8, 4) is 5.69 Å². The molecule has 0 saturated carbocycles. The SMILES string of the molecule is CN(C(=O)c1ccc(=O)n(-c2ccccc2)n1)C1CCNC1.Cl. The van der Waals surface area contributed by atoms with E-state index in [-0.39, 0.29) is 35.6 Å². The van der Waals surface area contributed by atoms with Gasteiger partial charge in [-0.3, -0.25) is 9.59 Å². The van der Waals surface area contributed by atoms with Crippen LogP contribution in [0.2, 0.25) is 0 Å². The second-order valence-electron chi connectivity index (χ2n) is 5.37. The molecule has 23 heavy (non-hydrogen) atoms. The molecule has 0 spiro atoms. The fourth-order valence-corrected chi connectivity index (χ4v) is 2.60. The van der Waals surface area contributed by atoms with Gasteiger partial charge in [-0.2, -0.15) is 9.78 Å². The third-order valence-corrected chi connectivity index (χ3v) is 3.92. The van der Waals surface area contributed by atoms with E-state index in [9.17, 15) is 9.59 Å². The summed E-state index contributed by atoms with van der Waals surface area (Å²) < 4.78 is 1.26. The average Bonchev–Trinajstić information content (AvgIpc) is 3.09. The Bertz CT molecular complexity index is 726. The zero-order valence-electron chi connectivity index (χ0n) is 12.8. The molecule has 7 heteroatoms. The molecular weight excluding hydrogens is 316 g/mol. The Hall–Kier alpha value is -2.18. The van der Waals surface area contributed by atoms with Crippen LogP contribution in [0.3, 0.4) is 0 Å². The number of amides is 1. The van der Waals surface area contributed by atoms with Gasteiger partial charge in [0, 0.05) is 25.7 Å². The zero-order valence-corrected chi connectivity index (χ0v) is 13.6. The molecule has 0 radical (unpaired) electrons. The minimum Gasteiger partial charge on any atom is -0.336 e. The maximum absolute atomic E-state index is 12.5. The Morgan fingerprint density at radius 3 is 2.65 bits per heavy atom. The van der Waals surface area contributed by atoms with Gasteiger partial charge in [0.1, 0.15) is 5.69 Å². The summed E-state index contributed by atoms with van der Waals surface area (Å²) in [5.74, 6) is -0.168. The summed E-state index contributed by atoms with van der Waals surface area (Å²) in [6, 6.07) is 12.1. The van der Waals surface area contributed by atoms with Crippen LogP contribution in [0.1, 0.15) is 16.9 Å². The van der Waals surface area contributed by atoms with E-state index in [1.54, 1.807) is 24.1 Å². The van der Waals surface area contributed by atoms with Crippen molar-refractivity contribution in [2.75, 3.05) is 20.1 Å². The standard InChI is InChI=1S/C16H18N4O2.ClH/c1-19(13-9-10-17-11-13)16(22)14-7-8-15(21)20(18-14)12-5-3-2-4-6-12;/h2-8,13,17H,9-11H2,1H3;1H. The van der Waals surface area contributed by atoms with Gasteiger partial charge in [-0.05, 0) is 31.2 Å². The smallest absolute Gasteiger partial charge is 0.274 e. The summed E-state index contributed by atoms with van der Waals surface area (Å²) in [6.45, 7) is 1.71. The van der Waals surface area contributed by atoms with Crippen molar-refractivity contribution in [1.82, 2.24) is 20.0 Å². The highest BCUT2D eigenvalue weighted by Gasteiger charge is 2.25. The number of halogens is 1. The summed E-state index contributed by atoms with van der Waals surface area (Å²) in [6.07, 6.45) is 0.931. The monoisotopic (exact) mass is 334 g/mol. The van der Waals surface area contributed by atoms with Gasteiger partial charge in [0.25, 0.3) is 11.5 Å². The minimum atomic E-state index is -0.257. The second-order valence-corrected chi connectivity index (χ2v) is 5.37. The Kier molecular flexibility index (Phi) is 5.52. The van der Waals surface area contributed by atoms with E-state index in [0.29, 0.717) is 5.69 Å². The first-order valence-corrected chi connectivity index (χ1v) is 7.30. The van der Waals surface area contributed by atoms with E-state index in [1.807, 2.05) is 18.2 Å². The van der Waals surface area contributed by atoms with Crippen molar-refractivity contribution in [3.05, 3.63) is 58.5 Å². The predicted molar refractivity (Wildman–Crippen MR) is 90.5 cm³/mol. The van der Waals surface area contributed by atoms with Crippen LogP contribution in [-0.4, -0.2) is 46.8 Å². The van der Waals surface area contributed by atoms with Crippen LogP contribution in [0.25, 0.3) is 5.69 Å². The third-order valence-electron chi connectivity index (χ3n) is 3.92. The number of hydrogen-bond donors (Lipinski definition) is 1. The van der Waals surface area contributed by atoms with E-state index < -0.39 is 0 Å². The molecule has 1 atom stereocenters. The van der Waals surface area contributed by atoms with Crippen LogP contribution >= 0.6 is 12.4 Å². The molecule has 3 rings (SSSR count). The van der Waals surface area contributed by atoms with Crippen LogP contribution < -0.4 is 10.9 Å². The third kappa shape index (κ3) is 3.60. The molecule has 1 aromatic carbocycles. The Morgan fingerprint density at radius 1 is 1.26 bits per heavy atom. The number of benzene rings is 1. The Labute approximate surface area is 140 Å². The summed E-state index contributed by atoms with van der Waals surface area (Å²) in [5, 5.41) is 7.46. The van der Waals surface area contributed by atoms with Crippen LogP contribution in [0.4, 0.5) is 0 Å². The molecule has 6 nitrogen and oxygen atoms in total. The van der Waals surface area contributed by atoms with Crippen molar-refractivity contribution in [2.45, 2.75) is 12.5 Å². The lowest BCUT2D eigenvalue weighted by atomic mass is 10.2. The van der Waals surface area contributed by atoms with Crippen molar-refractivity contribution in [3.63, 3.8) is 0 Å². The highest BCUT2D eigenvalue weighted by molar-refractivity contribution is 5.92. The number of rotatable bonds is 3. The van der Waals surface area contributed by atoms with E-state index in [1.165, 1.54) is 16.8 Å². The van der Waals surface area contributed by atoms with Gasteiger partial charge in [-0.1, -0.05) is 18.2 Å². The van der Waals surface area contributed by atoms with Crippen LogP contribution in [0.15, 0.2) is 47.3 Å². The molecule has 1 aromatic heterocycles. The maximum Gasteiger partial charge on any atom is 0.274 e. The maximum atomic E-state index is 12.5. The number of nitrogens with zero attached hydrogens (tertiary/aromatic N) is 3. The predicted octanol–water partition coefficient (Wildman–Crippen LogP) is 1.09. The largest absolute Gasteiger partial charge is 0.336 e. The molecule has 1 aliphatic rings. The van der Waals surface area contributed by atoms with Gasteiger partial charge in [-0.15, -0.1) is 12.4 Å². The number of aromatic nitrogens is 2. The molecule has 1 N–H and O–H groups in total. The van der Waals surface area contributed by atoms with E-state index >= 15 is 0 Å². The molecule has 1 amide bonds. The molecule has 1 unspecified atom stereocenters. The molecule has 0 aliphatic carbocycles. The number of para-hydroxylation sites is 1. The van der Waals surface area contributed by atoms with Gasteiger partial charge in [0.15, 0.2) is 0 Å². The first-order valence-electron chi connectivity index (χ1n) is 7.30. The summed E-state index contributed by atoms with van der Waals surface area (Å²) in [7, 11) is 1.78. The summed E-state index contributed by atoms with van der Waals surface area (Å²) in [5.41, 5.74) is 0.665. The number of likely N-dealkylation sites (N-methyl/N-ethyl adjacent to an activating group) is 1. The Balaban J connectivity index is 0.00000192. The number of carbonyl (C=O) groups is 1. The molecule has 1 aliphatic heterocycles. The molecule has 1 saturated heterocycles. The molecule has 0 bridgehead atoms. The minimum absolute atomic E-state index is 0. The van der Waals surface area contributed by atoms with E-state index in [0.717, 1.165) is 19.5 Å². The lowest BCUT2D eigenvalue weighted by Crippen LogP contribution is -2.39. The van der Waals surface area contributed by atoms with Gasteiger partial charge in [-0.25, -0.2) is 0 Å². The van der Waals surface area contributed by atoms with Crippen LogP contribution in [-0.2, 0) is 0 Å². The lowest BCUT2D eigenvalue weighted by Gasteiger charge is -2.23. The molecule has 1 fully saturated rings. The van der Waals surface area contributed by atoms with Gasteiger partial charge >= 0.3 is 0 Å². The van der Waals surface area contributed by atoms with Gasteiger partial charge in [0.05, 0.1) is 5.69 Å². The van der Waals surface area contributed by atoms with Crippen molar-refractivity contribution >= 4 is 18.3 Å². The first-order chi connectivity index (χ1) is 10.7. The number of nitrogens with one attached hydrogen (secondary N) is 1. The van der Waals surface area contributed by atoms with E-state index in [4.69, 9.17) is 0 Å². The van der Waals surface area contributed by atoms with Gasteiger partial charge in [0.2, 0.25) is 0 Å². The fraction of sp³-hybridized carbons (Fsp3) is 0.312. The lowest BCUT2D eigenvalue weighted by molar-refractivity contribution is 0.0735. The van der Waals surface area contributed by atoms with E-state index in [2.05, 4.69) is 10.4 Å². The number of hydrogen-bond acceptors (Lipinski definition) is 4. The zero-order chi connectivity index (χ0) is 15.5. The number of carbonyl (C=O) groups excluding carboxylic acids is 1. The van der Waals surface area contributed by atoms with Crippen LogP contribution in [0.5, 0.6) is 0 Å². The van der Waals surface area contributed by atoms with Crippen LogP contribution in [0, 0.1) is 0 Å². The Morgan fingerprint density at radius 2 is 2.00 bits per heavy atom. The summed E-state index contributed by atoms with van der Waals surface area (Å²) >= 11 is 0. The first kappa shape index (κ1) is 17.2. The highest BCUT2D eigenvalue weighted by Crippen LogP contribution is 2.10. The molecule has 122 valence electrons. The normalized spacial score (nSPS) is 16.7. The quantitative estimate of drug-likeness (QED) is 0.912. The molecular formula is C16H19ClN4O2. The topological polar surface area (TPSA) is 67.2 Å². The van der Waals surface area contributed by atoms with Crippen molar-refractivity contribution in [2.24, 2.45) is 0 Å².